The third kappa shape index (κ3) is 4.32. The van der Waals surface area contributed by atoms with Crippen LogP contribution in [0.25, 0.3) is 0 Å². The number of hydrogen-bond donors (Lipinski definition) is 1. The maximum atomic E-state index is 12.0. The van der Waals surface area contributed by atoms with E-state index in [-0.39, 0.29) is 11.8 Å². The summed E-state index contributed by atoms with van der Waals surface area (Å²) >= 11 is 0. The van der Waals surface area contributed by atoms with Crippen LogP contribution in [0.5, 0.6) is 0 Å². The van der Waals surface area contributed by atoms with Crippen LogP contribution in [0.3, 0.4) is 0 Å². The third-order valence-corrected chi connectivity index (χ3v) is 6.02. The lowest BCUT2D eigenvalue weighted by Gasteiger charge is -2.21. The van der Waals surface area contributed by atoms with Crippen molar-refractivity contribution in [3.05, 3.63) is 35.4 Å². The van der Waals surface area contributed by atoms with Crippen molar-refractivity contribution >= 4 is 9.84 Å². The first-order valence-corrected chi connectivity index (χ1v) is 8.31. The van der Waals surface area contributed by atoms with Gasteiger partial charge in [-0.15, -0.1) is 0 Å². The maximum absolute atomic E-state index is 12.0. The summed E-state index contributed by atoms with van der Waals surface area (Å²) < 4.78 is 23.3. The third-order valence-electron chi connectivity index (χ3n) is 3.41. The van der Waals surface area contributed by atoms with Crippen LogP contribution in [0.15, 0.2) is 24.3 Å². The normalized spacial score (nSPS) is 14.4. The van der Waals surface area contributed by atoms with Crippen molar-refractivity contribution in [1.82, 2.24) is 5.32 Å². The van der Waals surface area contributed by atoms with Crippen molar-refractivity contribution in [3.63, 3.8) is 0 Å². The van der Waals surface area contributed by atoms with E-state index in [4.69, 9.17) is 0 Å². The van der Waals surface area contributed by atoms with Crippen LogP contribution in [-0.4, -0.2) is 25.5 Å². The number of rotatable bonds is 5. The molecule has 0 unspecified atom stereocenters. The molecule has 0 saturated carbocycles. The van der Waals surface area contributed by atoms with Crippen LogP contribution < -0.4 is 5.32 Å². The van der Waals surface area contributed by atoms with Crippen molar-refractivity contribution in [2.24, 2.45) is 0 Å². The van der Waals surface area contributed by atoms with Crippen LogP contribution in [-0.2, 0) is 9.84 Å². The molecule has 0 fully saturated rings. The molecule has 0 amide bonds. The highest BCUT2D eigenvalue weighted by Crippen LogP contribution is 2.18. The average Bonchev–Trinajstić information content (AvgIpc) is 2.27. The Bertz CT molecular complexity index is 515. The zero-order valence-electron chi connectivity index (χ0n) is 12.5. The monoisotopic (exact) mass is 283 g/mol. The largest absolute Gasteiger partial charge is 0.309 e. The molecule has 0 aliphatic carbocycles. The molecule has 0 aromatic heterocycles. The second-order valence-electron chi connectivity index (χ2n) is 5.96. The molecule has 0 aliphatic heterocycles. The number of aryl methyl sites for hydroxylation is 1. The van der Waals surface area contributed by atoms with Gasteiger partial charge >= 0.3 is 0 Å². The number of nitrogens with one attached hydrogen (secondary N) is 1. The first-order valence-electron chi connectivity index (χ1n) is 6.66. The van der Waals surface area contributed by atoms with E-state index in [0.29, 0.717) is 6.54 Å². The predicted molar refractivity (Wildman–Crippen MR) is 81.1 cm³/mol. The number of benzene rings is 1. The summed E-state index contributed by atoms with van der Waals surface area (Å²) in [5.41, 5.74) is 2.44. The summed E-state index contributed by atoms with van der Waals surface area (Å²) in [5, 5.41) is 3.29. The SMILES string of the molecule is Cc1ccccc1[C@@H](C)NCCS(=O)(=O)C(C)(C)C. The van der Waals surface area contributed by atoms with Crippen molar-refractivity contribution in [2.75, 3.05) is 12.3 Å². The molecule has 108 valence electrons. The Hall–Kier alpha value is -0.870. The van der Waals surface area contributed by atoms with Gasteiger partial charge in [-0.3, -0.25) is 0 Å². The topological polar surface area (TPSA) is 46.2 Å². The fraction of sp³-hybridized carbons (Fsp3) is 0.600. The highest BCUT2D eigenvalue weighted by atomic mass is 32.2. The summed E-state index contributed by atoms with van der Waals surface area (Å²) in [6, 6.07) is 8.32. The van der Waals surface area contributed by atoms with Crippen LogP contribution in [0.1, 0.15) is 44.9 Å². The predicted octanol–water partition coefficient (Wildman–Crippen LogP) is 2.86. The molecule has 0 spiro atoms. The van der Waals surface area contributed by atoms with Gasteiger partial charge in [0, 0.05) is 12.6 Å². The molecular weight excluding hydrogens is 258 g/mol. The Morgan fingerprint density at radius 1 is 1.21 bits per heavy atom. The fourth-order valence-corrected chi connectivity index (χ4v) is 2.90. The van der Waals surface area contributed by atoms with Crippen molar-refractivity contribution in [3.8, 4) is 0 Å². The van der Waals surface area contributed by atoms with Gasteiger partial charge in [-0.2, -0.15) is 0 Å². The van der Waals surface area contributed by atoms with Crippen LogP contribution >= 0.6 is 0 Å². The molecule has 1 aromatic rings. The molecule has 19 heavy (non-hydrogen) atoms. The Morgan fingerprint density at radius 3 is 2.32 bits per heavy atom. The van der Waals surface area contributed by atoms with Crippen molar-refractivity contribution in [2.45, 2.75) is 45.4 Å². The van der Waals surface area contributed by atoms with E-state index in [9.17, 15) is 8.42 Å². The quantitative estimate of drug-likeness (QED) is 0.904. The molecule has 0 saturated heterocycles. The summed E-state index contributed by atoms with van der Waals surface area (Å²) in [6.45, 7) is 9.84. The minimum Gasteiger partial charge on any atom is -0.309 e. The summed E-state index contributed by atoms with van der Waals surface area (Å²) in [5.74, 6) is 0.173. The van der Waals surface area contributed by atoms with E-state index in [2.05, 4.69) is 31.3 Å². The van der Waals surface area contributed by atoms with Gasteiger partial charge in [0.25, 0.3) is 0 Å². The first kappa shape index (κ1) is 16.2. The summed E-state index contributed by atoms with van der Waals surface area (Å²) in [6.07, 6.45) is 0. The van der Waals surface area contributed by atoms with Gasteiger partial charge in [0.15, 0.2) is 9.84 Å². The molecule has 0 bridgehead atoms. The van der Waals surface area contributed by atoms with E-state index in [1.165, 1.54) is 11.1 Å². The Kier molecular flexibility index (Phi) is 5.16. The van der Waals surface area contributed by atoms with Gasteiger partial charge in [0.05, 0.1) is 10.5 Å². The minimum absolute atomic E-state index is 0.163. The summed E-state index contributed by atoms with van der Waals surface area (Å²) in [7, 11) is -3.05. The molecule has 1 aromatic carbocycles. The van der Waals surface area contributed by atoms with E-state index in [0.717, 1.165) is 0 Å². The highest BCUT2D eigenvalue weighted by Gasteiger charge is 2.28. The molecule has 1 rings (SSSR count). The van der Waals surface area contributed by atoms with E-state index in [1.807, 2.05) is 12.1 Å². The van der Waals surface area contributed by atoms with Gasteiger partial charge in [-0.1, -0.05) is 24.3 Å². The lowest BCUT2D eigenvalue weighted by molar-refractivity contribution is 0.546. The number of hydrogen-bond acceptors (Lipinski definition) is 3. The number of sulfone groups is 1. The van der Waals surface area contributed by atoms with E-state index >= 15 is 0 Å². The fourth-order valence-electron chi connectivity index (χ4n) is 1.90. The second-order valence-corrected chi connectivity index (χ2v) is 8.83. The van der Waals surface area contributed by atoms with Crippen LogP contribution in [0.2, 0.25) is 0 Å². The molecule has 0 aliphatic rings. The van der Waals surface area contributed by atoms with Crippen molar-refractivity contribution < 1.29 is 8.42 Å². The highest BCUT2D eigenvalue weighted by molar-refractivity contribution is 7.92. The van der Waals surface area contributed by atoms with Gasteiger partial charge < -0.3 is 5.32 Å². The molecular formula is C15H25NO2S. The van der Waals surface area contributed by atoms with Gasteiger partial charge in [-0.25, -0.2) is 8.42 Å². The van der Waals surface area contributed by atoms with Crippen LogP contribution in [0.4, 0.5) is 0 Å². The molecule has 0 heterocycles. The van der Waals surface area contributed by atoms with E-state index in [1.54, 1.807) is 20.8 Å². The zero-order chi connectivity index (χ0) is 14.7. The average molecular weight is 283 g/mol. The van der Waals surface area contributed by atoms with Crippen molar-refractivity contribution in [1.29, 1.82) is 0 Å². The van der Waals surface area contributed by atoms with Gasteiger partial charge in [0.1, 0.15) is 0 Å². The van der Waals surface area contributed by atoms with Crippen LogP contribution in [0, 0.1) is 6.92 Å². The first-order chi connectivity index (χ1) is 8.65. The molecule has 0 radical (unpaired) electrons. The van der Waals surface area contributed by atoms with Gasteiger partial charge in [-0.05, 0) is 45.7 Å². The minimum atomic E-state index is -3.05. The molecule has 1 atom stereocenters. The lowest BCUT2D eigenvalue weighted by atomic mass is 10.0. The molecule has 4 heteroatoms. The Morgan fingerprint density at radius 2 is 1.79 bits per heavy atom. The standard InChI is InChI=1S/C15H25NO2S/c1-12-8-6-7-9-14(12)13(2)16-10-11-19(17,18)15(3,4)5/h6-9,13,16H,10-11H2,1-5H3/t13-/m1/s1. The zero-order valence-corrected chi connectivity index (χ0v) is 13.3. The molecule has 3 nitrogen and oxygen atoms in total. The smallest absolute Gasteiger partial charge is 0.156 e. The maximum Gasteiger partial charge on any atom is 0.156 e. The van der Waals surface area contributed by atoms with Gasteiger partial charge in [0.2, 0.25) is 0 Å². The summed E-state index contributed by atoms with van der Waals surface area (Å²) in [4.78, 5) is 0. The Labute approximate surface area is 117 Å². The molecule has 1 N–H and O–H groups in total. The second kappa shape index (κ2) is 6.06. The van der Waals surface area contributed by atoms with E-state index < -0.39 is 14.6 Å². The lowest BCUT2D eigenvalue weighted by Crippen LogP contribution is -2.35. The Balaban J connectivity index is 2.58.